The molecule has 0 atom stereocenters. The van der Waals surface area contributed by atoms with Crippen LogP contribution in [0.25, 0.3) is 0 Å². The van der Waals surface area contributed by atoms with Crippen LogP contribution in [0.5, 0.6) is 11.5 Å². The van der Waals surface area contributed by atoms with Gasteiger partial charge in [0.2, 0.25) is 5.91 Å². The summed E-state index contributed by atoms with van der Waals surface area (Å²) in [6.45, 7) is 5.48. The first kappa shape index (κ1) is 21.8. The van der Waals surface area contributed by atoms with E-state index in [1.54, 1.807) is 25.1 Å². The summed E-state index contributed by atoms with van der Waals surface area (Å²) in [7, 11) is 3.04. The third-order valence-corrected chi connectivity index (χ3v) is 4.89. The normalized spacial score (nSPS) is 10.5. The molecule has 1 heterocycles. The maximum absolute atomic E-state index is 12.8. The maximum atomic E-state index is 12.8. The number of nitrogens with one attached hydrogen (secondary N) is 2. The number of ether oxygens (including phenoxy) is 2. The second kappa shape index (κ2) is 9.29. The number of anilines is 2. The number of para-hydroxylation sites is 1. The van der Waals surface area contributed by atoms with E-state index in [1.165, 1.54) is 18.9 Å². The van der Waals surface area contributed by atoms with Gasteiger partial charge in [-0.2, -0.15) is 0 Å². The molecule has 3 rings (SSSR count). The number of aromatic nitrogens is 3. The van der Waals surface area contributed by atoms with Gasteiger partial charge in [-0.05, 0) is 44.0 Å². The van der Waals surface area contributed by atoms with E-state index in [-0.39, 0.29) is 18.1 Å². The lowest BCUT2D eigenvalue weighted by atomic mass is 10.1. The fourth-order valence-corrected chi connectivity index (χ4v) is 3.14. The number of carbonyl (C=O) groups is 2. The number of aryl methyl sites for hydroxylation is 2. The van der Waals surface area contributed by atoms with E-state index in [1.807, 2.05) is 32.0 Å². The molecule has 0 aliphatic rings. The molecule has 9 heteroatoms. The molecule has 2 aromatic carbocycles. The smallest absolute Gasteiger partial charge is 0.278 e. The zero-order chi connectivity index (χ0) is 22.5. The molecule has 0 fully saturated rings. The third kappa shape index (κ3) is 4.82. The molecule has 9 nitrogen and oxygen atoms in total. The molecule has 0 unspecified atom stereocenters. The van der Waals surface area contributed by atoms with Crippen molar-refractivity contribution < 1.29 is 19.1 Å². The van der Waals surface area contributed by atoms with E-state index < -0.39 is 5.91 Å². The predicted molar refractivity (Wildman–Crippen MR) is 117 cm³/mol. The first-order chi connectivity index (χ1) is 14.8. The Bertz CT molecular complexity index is 1100. The highest BCUT2D eigenvalue weighted by Crippen LogP contribution is 2.29. The van der Waals surface area contributed by atoms with Crippen LogP contribution >= 0.6 is 0 Å². The van der Waals surface area contributed by atoms with Gasteiger partial charge < -0.3 is 20.1 Å². The topological polar surface area (TPSA) is 107 Å². The van der Waals surface area contributed by atoms with E-state index in [4.69, 9.17) is 9.47 Å². The van der Waals surface area contributed by atoms with Crippen LogP contribution in [-0.2, 0) is 11.3 Å². The molecule has 0 saturated carbocycles. The lowest BCUT2D eigenvalue weighted by molar-refractivity contribution is -0.117. The summed E-state index contributed by atoms with van der Waals surface area (Å²) in [5.41, 5.74) is 3.73. The molecule has 2 N–H and O–H groups in total. The summed E-state index contributed by atoms with van der Waals surface area (Å²) >= 11 is 0. The van der Waals surface area contributed by atoms with E-state index in [2.05, 4.69) is 20.9 Å². The Morgan fingerprint density at radius 1 is 1.00 bits per heavy atom. The molecule has 0 aliphatic carbocycles. The number of benzene rings is 2. The minimum Gasteiger partial charge on any atom is -0.497 e. The Labute approximate surface area is 180 Å². The highest BCUT2D eigenvalue weighted by Gasteiger charge is 2.20. The number of amides is 2. The molecule has 1 aromatic heterocycles. The van der Waals surface area contributed by atoms with Crippen LogP contribution in [0.15, 0.2) is 36.4 Å². The Kier molecular flexibility index (Phi) is 6.54. The molecule has 0 radical (unpaired) electrons. The summed E-state index contributed by atoms with van der Waals surface area (Å²) in [6.07, 6.45) is 0. The van der Waals surface area contributed by atoms with Crippen LogP contribution in [0.2, 0.25) is 0 Å². The van der Waals surface area contributed by atoms with Crippen molar-refractivity contribution in [2.24, 2.45) is 0 Å². The third-order valence-electron chi connectivity index (χ3n) is 4.89. The Hall–Kier alpha value is -3.88. The van der Waals surface area contributed by atoms with Crippen LogP contribution in [0.3, 0.4) is 0 Å². The molecule has 31 heavy (non-hydrogen) atoms. The highest BCUT2D eigenvalue weighted by atomic mass is 16.5. The number of methoxy groups -OCH3 is 2. The second-order valence-electron chi connectivity index (χ2n) is 7.02. The number of hydrogen-bond acceptors (Lipinski definition) is 6. The second-order valence-corrected chi connectivity index (χ2v) is 7.02. The van der Waals surface area contributed by atoms with Crippen molar-refractivity contribution in [2.45, 2.75) is 27.3 Å². The van der Waals surface area contributed by atoms with Crippen LogP contribution in [0.4, 0.5) is 11.4 Å². The first-order valence-corrected chi connectivity index (χ1v) is 9.63. The van der Waals surface area contributed by atoms with Crippen molar-refractivity contribution in [3.05, 3.63) is 58.9 Å². The Balaban J connectivity index is 1.74. The summed E-state index contributed by atoms with van der Waals surface area (Å²) in [5, 5.41) is 13.6. The van der Waals surface area contributed by atoms with Gasteiger partial charge in [-0.25, -0.2) is 4.68 Å². The molecule has 0 bridgehead atoms. The molecule has 0 saturated heterocycles. The minimum absolute atomic E-state index is 0.0671. The van der Waals surface area contributed by atoms with Crippen molar-refractivity contribution in [3.63, 3.8) is 0 Å². The van der Waals surface area contributed by atoms with Gasteiger partial charge in [-0.15, -0.1) is 5.10 Å². The predicted octanol–water partition coefficient (Wildman–Crippen LogP) is 3.11. The van der Waals surface area contributed by atoms with E-state index in [9.17, 15) is 9.59 Å². The summed E-state index contributed by atoms with van der Waals surface area (Å²) in [4.78, 5) is 25.3. The Morgan fingerprint density at radius 2 is 1.71 bits per heavy atom. The molecular weight excluding hydrogens is 398 g/mol. The van der Waals surface area contributed by atoms with Gasteiger partial charge in [-0.1, -0.05) is 23.4 Å². The summed E-state index contributed by atoms with van der Waals surface area (Å²) < 4.78 is 11.9. The first-order valence-electron chi connectivity index (χ1n) is 9.63. The fourth-order valence-electron chi connectivity index (χ4n) is 3.14. The average molecular weight is 423 g/mol. The van der Waals surface area contributed by atoms with Crippen molar-refractivity contribution in [3.8, 4) is 11.5 Å². The summed E-state index contributed by atoms with van der Waals surface area (Å²) in [5.74, 6) is 0.323. The lowest BCUT2D eigenvalue weighted by Gasteiger charge is -2.12. The highest BCUT2D eigenvalue weighted by molar-refractivity contribution is 6.04. The number of rotatable bonds is 7. The number of nitrogens with zero attached hydrogens (tertiary/aromatic N) is 3. The molecule has 162 valence electrons. The van der Waals surface area contributed by atoms with Crippen LogP contribution in [-0.4, -0.2) is 41.0 Å². The summed E-state index contributed by atoms with van der Waals surface area (Å²) in [6, 6.07) is 10.9. The van der Waals surface area contributed by atoms with Crippen molar-refractivity contribution in [1.29, 1.82) is 0 Å². The molecule has 0 spiro atoms. The average Bonchev–Trinajstić information content (AvgIpc) is 3.11. The number of carbonyl (C=O) groups excluding carboxylic acids is 2. The monoisotopic (exact) mass is 423 g/mol. The van der Waals surface area contributed by atoms with Gasteiger partial charge >= 0.3 is 0 Å². The van der Waals surface area contributed by atoms with E-state index in [0.717, 1.165) is 16.8 Å². The van der Waals surface area contributed by atoms with Gasteiger partial charge in [0.15, 0.2) is 5.69 Å². The van der Waals surface area contributed by atoms with Gasteiger partial charge in [0, 0.05) is 11.8 Å². The van der Waals surface area contributed by atoms with Gasteiger partial charge in [-0.3, -0.25) is 9.59 Å². The molecular formula is C22H25N5O4. The van der Waals surface area contributed by atoms with Crippen LogP contribution < -0.4 is 20.1 Å². The SMILES string of the molecule is COc1ccc(OC)c(NC(=O)c2nnn(CC(=O)Nc3c(C)cccc3C)c2C)c1. The number of hydrogen-bond donors (Lipinski definition) is 2. The molecule has 3 aromatic rings. The van der Waals surface area contributed by atoms with Crippen molar-refractivity contribution >= 4 is 23.2 Å². The standard InChI is InChI=1S/C22H25N5O4/c1-13-7-6-8-14(2)20(13)24-19(28)12-27-15(3)21(25-26-27)22(29)23-17-11-16(30-4)9-10-18(17)31-5/h6-11H,12H2,1-5H3,(H,23,29)(H,24,28). The quantitative estimate of drug-likeness (QED) is 0.605. The van der Waals surface area contributed by atoms with Crippen molar-refractivity contribution in [1.82, 2.24) is 15.0 Å². The molecule has 2 amide bonds. The zero-order valence-electron chi connectivity index (χ0n) is 18.1. The Morgan fingerprint density at radius 3 is 2.35 bits per heavy atom. The van der Waals surface area contributed by atoms with E-state index >= 15 is 0 Å². The van der Waals surface area contributed by atoms with Gasteiger partial charge in [0.1, 0.15) is 18.0 Å². The molecule has 0 aliphatic heterocycles. The lowest BCUT2D eigenvalue weighted by Crippen LogP contribution is -2.22. The maximum Gasteiger partial charge on any atom is 0.278 e. The van der Waals surface area contributed by atoms with Gasteiger partial charge in [0.25, 0.3) is 5.91 Å². The minimum atomic E-state index is -0.467. The fraction of sp³-hybridized carbons (Fsp3) is 0.273. The van der Waals surface area contributed by atoms with Crippen LogP contribution in [0.1, 0.15) is 27.3 Å². The largest absolute Gasteiger partial charge is 0.497 e. The van der Waals surface area contributed by atoms with Crippen molar-refractivity contribution in [2.75, 3.05) is 24.9 Å². The van der Waals surface area contributed by atoms with Gasteiger partial charge in [0.05, 0.1) is 25.6 Å². The van der Waals surface area contributed by atoms with Crippen LogP contribution in [0, 0.1) is 20.8 Å². The van der Waals surface area contributed by atoms with E-state index in [0.29, 0.717) is 22.9 Å². The zero-order valence-corrected chi connectivity index (χ0v) is 18.1.